The van der Waals surface area contributed by atoms with Crippen LogP contribution >= 0.6 is 27.3 Å². The van der Waals surface area contributed by atoms with Crippen LogP contribution in [0.3, 0.4) is 0 Å². The lowest BCUT2D eigenvalue weighted by atomic mass is 9.92. The highest BCUT2D eigenvalue weighted by molar-refractivity contribution is 9.11. The van der Waals surface area contributed by atoms with Crippen molar-refractivity contribution in [1.82, 2.24) is 5.32 Å². The Labute approximate surface area is 120 Å². The van der Waals surface area contributed by atoms with E-state index in [4.69, 9.17) is 0 Å². The van der Waals surface area contributed by atoms with Crippen molar-refractivity contribution in [3.8, 4) is 0 Å². The van der Waals surface area contributed by atoms with Crippen LogP contribution in [0.5, 0.6) is 0 Å². The van der Waals surface area contributed by atoms with Gasteiger partial charge in [-0.15, -0.1) is 11.3 Å². The van der Waals surface area contributed by atoms with Gasteiger partial charge >= 0.3 is 0 Å². The van der Waals surface area contributed by atoms with Crippen molar-refractivity contribution in [3.63, 3.8) is 0 Å². The SMILES string of the molecule is CC(C)C(C)(O)CNC(=O)C=Cc1csc(Br)c1. The van der Waals surface area contributed by atoms with E-state index in [1.165, 1.54) is 6.08 Å². The van der Waals surface area contributed by atoms with Gasteiger partial charge < -0.3 is 10.4 Å². The molecule has 1 atom stereocenters. The van der Waals surface area contributed by atoms with Gasteiger partial charge in [0.15, 0.2) is 0 Å². The van der Waals surface area contributed by atoms with Crippen LogP contribution in [-0.2, 0) is 4.79 Å². The molecule has 100 valence electrons. The van der Waals surface area contributed by atoms with Crippen LogP contribution in [0.1, 0.15) is 26.3 Å². The summed E-state index contributed by atoms with van der Waals surface area (Å²) in [5.74, 6) is -0.104. The molecule has 0 radical (unpaired) electrons. The average Bonchev–Trinajstić information content (AvgIpc) is 2.69. The van der Waals surface area contributed by atoms with Crippen LogP contribution in [0.15, 0.2) is 21.3 Å². The van der Waals surface area contributed by atoms with Crippen molar-refractivity contribution in [2.75, 3.05) is 6.54 Å². The van der Waals surface area contributed by atoms with Gasteiger partial charge in [0, 0.05) is 12.6 Å². The summed E-state index contributed by atoms with van der Waals surface area (Å²) in [6.45, 7) is 5.81. The number of thiophene rings is 1. The zero-order valence-electron chi connectivity index (χ0n) is 10.7. The molecule has 1 rings (SSSR count). The smallest absolute Gasteiger partial charge is 0.244 e. The summed E-state index contributed by atoms with van der Waals surface area (Å²) in [6, 6.07) is 1.94. The maximum absolute atomic E-state index is 11.6. The topological polar surface area (TPSA) is 49.3 Å². The Balaban J connectivity index is 2.45. The second kappa shape index (κ2) is 6.50. The van der Waals surface area contributed by atoms with E-state index in [0.717, 1.165) is 9.35 Å². The summed E-state index contributed by atoms with van der Waals surface area (Å²) >= 11 is 4.93. The number of nitrogens with one attached hydrogen (secondary N) is 1. The van der Waals surface area contributed by atoms with Gasteiger partial charge in [-0.2, -0.15) is 0 Å². The first-order chi connectivity index (χ1) is 8.31. The van der Waals surface area contributed by atoms with E-state index in [2.05, 4.69) is 21.2 Å². The van der Waals surface area contributed by atoms with Crippen molar-refractivity contribution < 1.29 is 9.90 Å². The lowest BCUT2D eigenvalue weighted by Crippen LogP contribution is -2.43. The standard InChI is InChI=1S/C13H18BrNO2S/c1-9(2)13(3,17)8-15-12(16)5-4-10-6-11(14)18-7-10/h4-7,9,17H,8H2,1-3H3,(H,15,16). The molecule has 0 aliphatic heterocycles. The molecule has 0 saturated carbocycles. The zero-order chi connectivity index (χ0) is 13.8. The summed E-state index contributed by atoms with van der Waals surface area (Å²) in [7, 11) is 0. The minimum atomic E-state index is -0.880. The Morgan fingerprint density at radius 2 is 2.33 bits per heavy atom. The van der Waals surface area contributed by atoms with Gasteiger partial charge in [-0.25, -0.2) is 0 Å². The van der Waals surface area contributed by atoms with E-state index in [-0.39, 0.29) is 18.4 Å². The number of hydrogen-bond acceptors (Lipinski definition) is 3. The molecule has 0 spiro atoms. The summed E-state index contributed by atoms with van der Waals surface area (Å²) in [6.07, 6.45) is 3.23. The minimum absolute atomic E-state index is 0.0922. The van der Waals surface area contributed by atoms with Crippen molar-refractivity contribution in [1.29, 1.82) is 0 Å². The van der Waals surface area contributed by atoms with Gasteiger partial charge in [0.05, 0.1) is 9.39 Å². The van der Waals surface area contributed by atoms with Crippen LogP contribution in [-0.4, -0.2) is 23.2 Å². The summed E-state index contributed by atoms with van der Waals surface area (Å²) in [5.41, 5.74) is 0.104. The van der Waals surface area contributed by atoms with Crippen LogP contribution < -0.4 is 5.32 Å². The van der Waals surface area contributed by atoms with Crippen molar-refractivity contribution >= 4 is 39.2 Å². The first-order valence-corrected chi connectivity index (χ1v) is 7.41. The Hall–Kier alpha value is -0.650. The molecule has 2 N–H and O–H groups in total. The maximum atomic E-state index is 11.6. The fourth-order valence-corrected chi connectivity index (χ4v) is 2.26. The molecule has 5 heteroatoms. The summed E-state index contributed by atoms with van der Waals surface area (Å²) in [5, 5.41) is 14.6. The number of aliphatic hydroxyl groups is 1. The summed E-state index contributed by atoms with van der Waals surface area (Å²) in [4.78, 5) is 11.6. The van der Waals surface area contributed by atoms with Gasteiger partial charge in [0.1, 0.15) is 0 Å². The third kappa shape index (κ3) is 4.92. The van der Waals surface area contributed by atoms with E-state index < -0.39 is 5.60 Å². The molecular formula is C13H18BrNO2S. The Morgan fingerprint density at radius 1 is 1.67 bits per heavy atom. The molecule has 0 saturated heterocycles. The molecule has 1 amide bonds. The molecule has 0 bridgehead atoms. The second-order valence-electron chi connectivity index (χ2n) is 4.75. The monoisotopic (exact) mass is 331 g/mol. The molecule has 0 fully saturated rings. The van der Waals surface area contributed by atoms with E-state index in [1.807, 2.05) is 25.3 Å². The highest BCUT2D eigenvalue weighted by atomic mass is 79.9. The lowest BCUT2D eigenvalue weighted by molar-refractivity contribution is -0.118. The molecule has 1 aromatic heterocycles. The molecule has 0 aliphatic carbocycles. The van der Waals surface area contributed by atoms with E-state index >= 15 is 0 Å². The number of carbonyl (C=O) groups is 1. The predicted octanol–water partition coefficient (Wildman–Crippen LogP) is 3.05. The second-order valence-corrected chi connectivity index (χ2v) is 7.04. The van der Waals surface area contributed by atoms with E-state index in [9.17, 15) is 9.90 Å². The molecule has 3 nitrogen and oxygen atoms in total. The highest BCUT2D eigenvalue weighted by Gasteiger charge is 2.24. The normalized spacial score (nSPS) is 15.0. The third-order valence-electron chi connectivity index (χ3n) is 2.88. The van der Waals surface area contributed by atoms with Gasteiger partial charge in [-0.3, -0.25) is 4.79 Å². The molecule has 18 heavy (non-hydrogen) atoms. The number of carbonyl (C=O) groups excluding carboxylic acids is 1. The third-order valence-corrected chi connectivity index (χ3v) is 4.40. The van der Waals surface area contributed by atoms with Crippen molar-refractivity contribution in [2.24, 2.45) is 5.92 Å². The van der Waals surface area contributed by atoms with Crippen LogP contribution in [0.25, 0.3) is 6.08 Å². The average molecular weight is 332 g/mol. The predicted molar refractivity (Wildman–Crippen MR) is 79.5 cm³/mol. The Bertz CT molecular complexity index is 438. The quantitative estimate of drug-likeness (QED) is 0.814. The molecule has 0 aromatic carbocycles. The first kappa shape index (κ1) is 15.4. The van der Waals surface area contributed by atoms with Crippen LogP contribution in [0.2, 0.25) is 0 Å². The van der Waals surface area contributed by atoms with Crippen molar-refractivity contribution in [2.45, 2.75) is 26.4 Å². The molecule has 1 heterocycles. The van der Waals surface area contributed by atoms with Gasteiger partial charge in [0.2, 0.25) is 5.91 Å². The fourth-order valence-electron chi connectivity index (χ4n) is 1.11. The Kier molecular flexibility index (Phi) is 5.56. The van der Waals surface area contributed by atoms with Crippen LogP contribution in [0.4, 0.5) is 0 Å². The maximum Gasteiger partial charge on any atom is 0.244 e. The lowest BCUT2D eigenvalue weighted by Gasteiger charge is -2.27. The molecule has 0 aliphatic rings. The van der Waals surface area contributed by atoms with Gasteiger partial charge in [-0.05, 0) is 51.9 Å². The minimum Gasteiger partial charge on any atom is -0.388 e. The fraction of sp³-hybridized carbons (Fsp3) is 0.462. The molecular weight excluding hydrogens is 314 g/mol. The van der Waals surface area contributed by atoms with Gasteiger partial charge in [0.25, 0.3) is 0 Å². The zero-order valence-corrected chi connectivity index (χ0v) is 13.1. The molecule has 1 aromatic rings. The number of halogens is 1. The number of rotatable bonds is 5. The van der Waals surface area contributed by atoms with E-state index in [0.29, 0.717) is 0 Å². The number of amides is 1. The molecule has 1 unspecified atom stereocenters. The van der Waals surface area contributed by atoms with E-state index in [1.54, 1.807) is 24.3 Å². The highest BCUT2D eigenvalue weighted by Crippen LogP contribution is 2.21. The van der Waals surface area contributed by atoms with Crippen molar-refractivity contribution in [3.05, 3.63) is 26.9 Å². The first-order valence-electron chi connectivity index (χ1n) is 5.73. The Morgan fingerprint density at radius 3 is 2.83 bits per heavy atom. The largest absolute Gasteiger partial charge is 0.388 e. The number of hydrogen-bond donors (Lipinski definition) is 2. The van der Waals surface area contributed by atoms with Gasteiger partial charge in [-0.1, -0.05) is 13.8 Å². The van der Waals surface area contributed by atoms with Crippen LogP contribution in [0, 0.1) is 5.92 Å². The summed E-state index contributed by atoms with van der Waals surface area (Å²) < 4.78 is 1.03.